The van der Waals surface area contributed by atoms with Crippen LogP contribution >= 0.6 is 11.6 Å². The van der Waals surface area contributed by atoms with Crippen molar-refractivity contribution >= 4 is 34.3 Å². The summed E-state index contributed by atoms with van der Waals surface area (Å²) in [5, 5.41) is 8.71. The van der Waals surface area contributed by atoms with E-state index in [0.29, 0.717) is 23.7 Å². The summed E-state index contributed by atoms with van der Waals surface area (Å²) in [5.41, 5.74) is 17.9. The van der Waals surface area contributed by atoms with Crippen molar-refractivity contribution in [1.82, 2.24) is 4.90 Å². The number of unbranched alkanes of at least 4 members (excludes halogenated alkanes) is 1. The number of aliphatic imine (C=N–C) groups is 1. The molecule has 2 rings (SSSR count). The summed E-state index contributed by atoms with van der Waals surface area (Å²) in [4.78, 5) is 18.5. The fraction of sp³-hybridized carbons (Fsp3) is 0.389. The van der Waals surface area contributed by atoms with Gasteiger partial charge in [0.15, 0.2) is 5.70 Å². The molecule has 1 amide bonds. The molecule has 158 valence electrons. The number of nitrogens with one attached hydrogen (secondary N) is 1. The van der Waals surface area contributed by atoms with Gasteiger partial charge in [-0.3, -0.25) is 15.1 Å². The van der Waals surface area contributed by atoms with E-state index in [-0.39, 0.29) is 22.6 Å². The monoisotopic (exact) mass is 423 g/mol. The lowest BCUT2D eigenvalue weighted by atomic mass is 10.2. The largest absolute Gasteiger partial charge is 0.497 e. The number of hydrogen-bond acceptors (Lipinski definition) is 7. The van der Waals surface area contributed by atoms with Crippen LogP contribution in [0, 0.1) is 5.41 Å². The standard InChI is InChI=1S/C18H26ClN7O3/c1-4-5-8-25(11-7-6-10(28-2)9-12(11)29-3)18(23)26-15(20)13(17(22)27)24-14(19)16(26)21/h6-7,9,16,23H,4-5,8,20-21H2,1-3H3,(H2,22,27). The zero-order chi connectivity index (χ0) is 21.7. The Balaban J connectivity index is 2.54. The second-order valence-electron chi connectivity index (χ2n) is 6.21. The van der Waals surface area contributed by atoms with E-state index in [1.807, 2.05) is 6.92 Å². The maximum Gasteiger partial charge on any atom is 0.271 e. The number of guanidine groups is 1. The van der Waals surface area contributed by atoms with Crippen molar-refractivity contribution in [2.24, 2.45) is 22.2 Å². The van der Waals surface area contributed by atoms with Crippen molar-refractivity contribution in [2.45, 2.75) is 25.9 Å². The van der Waals surface area contributed by atoms with Gasteiger partial charge in [-0.1, -0.05) is 24.9 Å². The Morgan fingerprint density at radius 2 is 2.07 bits per heavy atom. The third-order valence-corrected chi connectivity index (χ3v) is 4.68. The van der Waals surface area contributed by atoms with Gasteiger partial charge in [-0.2, -0.15) is 0 Å². The quantitative estimate of drug-likeness (QED) is 0.377. The lowest BCUT2D eigenvalue weighted by Gasteiger charge is -2.38. The molecule has 0 spiro atoms. The van der Waals surface area contributed by atoms with Crippen molar-refractivity contribution in [3.05, 3.63) is 29.7 Å². The minimum absolute atomic E-state index is 0.0984. The predicted octanol–water partition coefficient (Wildman–Crippen LogP) is 1.10. The molecule has 0 saturated carbocycles. The van der Waals surface area contributed by atoms with Gasteiger partial charge < -0.3 is 31.6 Å². The molecule has 11 heteroatoms. The molecule has 1 aromatic rings. The fourth-order valence-electron chi connectivity index (χ4n) is 2.82. The number of halogens is 1. The topological polar surface area (TPSA) is 156 Å². The fourth-order valence-corrected chi connectivity index (χ4v) is 3.00. The number of rotatable bonds is 7. The van der Waals surface area contributed by atoms with E-state index in [1.165, 1.54) is 12.0 Å². The van der Waals surface area contributed by atoms with Crippen LogP contribution in [0.25, 0.3) is 0 Å². The maximum atomic E-state index is 11.7. The molecule has 0 aromatic heterocycles. The van der Waals surface area contributed by atoms with E-state index in [1.54, 1.807) is 30.2 Å². The van der Waals surface area contributed by atoms with Gasteiger partial charge in [0.05, 0.1) is 19.9 Å². The Hall–Kier alpha value is -2.98. The number of amides is 1. The second-order valence-corrected chi connectivity index (χ2v) is 6.60. The first-order chi connectivity index (χ1) is 13.8. The molecule has 1 aliphatic heterocycles. The number of carbonyl (C=O) groups is 1. The van der Waals surface area contributed by atoms with Gasteiger partial charge in [0.25, 0.3) is 5.91 Å². The molecule has 7 N–H and O–H groups in total. The summed E-state index contributed by atoms with van der Waals surface area (Å²) < 4.78 is 10.7. The van der Waals surface area contributed by atoms with E-state index < -0.39 is 12.1 Å². The predicted molar refractivity (Wildman–Crippen MR) is 113 cm³/mol. The highest BCUT2D eigenvalue weighted by Crippen LogP contribution is 2.34. The normalized spacial score (nSPS) is 16.4. The van der Waals surface area contributed by atoms with Crippen LogP contribution in [-0.2, 0) is 4.79 Å². The van der Waals surface area contributed by atoms with Crippen LogP contribution in [0.15, 0.2) is 34.7 Å². The van der Waals surface area contributed by atoms with Crippen LogP contribution in [0.5, 0.6) is 11.5 Å². The number of methoxy groups -OCH3 is 2. The maximum absolute atomic E-state index is 11.7. The third kappa shape index (κ3) is 4.54. The molecular formula is C18H26ClN7O3. The molecule has 1 atom stereocenters. The molecule has 10 nitrogen and oxygen atoms in total. The first kappa shape index (κ1) is 22.3. The zero-order valence-electron chi connectivity index (χ0n) is 16.6. The van der Waals surface area contributed by atoms with Crippen molar-refractivity contribution in [3.8, 4) is 11.5 Å². The highest BCUT2D eigenvalue weighted by atomic mass is 35.5. The van der Waals surface area contributed by atoms with E-state index in [4.69, 9.17) is 43.7 Å². The van der Waals surface area contributed by atoms with Crippen molar-refractivity contribution in [1.29, 1.82) is 5.41 Å². The minimum atomic E-state index is -1.04. The Kier molecular flexibility index (Phi) is 7.29. The van der Waals surface area contributed by atoms with Crippen molar-refractivity contribution in [3.63, 3.8) is 0 Å². The summed E-state index contributed by atoms with van der Waals surface area (Å²) in [6.07, 6.45) is 0.615. The van der Waals surface area contributed by atoms with Gasteiger partial charge in [0.1, 0.15) is 28.7 Å². The number of primary amides is 1. The van der Waals surface area contributed by atoms with E-state index >= 15 is 0 Å². The second kappa shape index (κ2) is 9.48. The van der Waals surface area contributed by atoms with Crippen molar-refractivity contribution < 1.29 is 14.3 Å². The Morgan fingerprint density at radius 1 is 1.38 bits per heavy atom. The molecule has 1 aromatic carbocycles. The number of benzene rings is 1. The molecular weight excluding hydrogens is 398 g/mol. The van der Waals surface area contributed by atoms with Gasteiger partial charge in [-0.25, -0.2) is 4.99 Å². The number of nitrogens with two attached hydrogens (primary N) is 3. The van der Waals surface area contributed by atoms with Gasteiger partial charge in [-0.15, -0.1) is 0 Å². The van der Waals surface area contributed by atoms with E-state index in [9.17, 15) is 4.79 Å². The third-order valence-electron chi connectivity index (χ3n) is 4.37. The van der Waals surface area contributed by atoms with Crippen LogP contribution in [-0.4, -0.2) is 48.9 Å². The van der Waals surface area contributed by atoms with Gasteiger partial charge in [0.2, 0.25) is 5.96 Å². The lowest BCUT2D eigenvalue weighted by molar-refractivity contribution is -0.114. The molecule has 1 aliphatic rings. The van der Waals surface area contributed by atoms with Gasteiger partial charge in [0, 0.05) is 12.6 Å². The molecule has 0 fully saturated rings. The molecule has 0 saturated heterocycles. The van der Waals surface area contributed by atoms with Crippen LogP contribution in [0.2, 0.25) is 0 Å². The highest BCUT2D eigenvalue weighted by molar-refractivity contribution is 6.67. The highest BCUT2D eigenvalue weighted by Gasteiger charge is 2.35. The Bertz CT molecular complexity index is 856. The smallest absolute Gasteiger partial charge is 0.271 e. The first-order valence-corrected chi connectivity index (χ1v) is 9.31. The number of anilines is 1. The molecule has 1 unspecified atom stereocenters. The van der Waals surface area contributed by atoms with Crippen LogP contribution in [0.3, 0.4) is 0 Å². The Labute approximate surface area is 174 Å². The van der Waals surface area contributed by atoms with Crippen LogP contribution < -0.4 is 31.6 Å². The van der Waals surface area contributed by atoms with Gasteiger partial charge in [-0.05, 0) is 18.6 Å². The molecule has 29 heavy (non-hydrogen) atoms. The van der Waals surface area contributed by atoms with Gasteiger partial charge >= 0.3 is 0 Å². The molecule has 1 heterocycles. The summed E-state index contributed by atoms with van der Waals surface area (Å²) in [6.45, 7) is 2.50. The average Bonchev–Trinajstić information content (AvgIpc) is 2.70. The minimum Gasteiger partial charge on any atom is -0.497 e. The number of carbonyl (C=O) groups excluding carboxylic acids is 1. The number of hydrogen-bond donors (Lipinski definition) is 4. The summed E-state index contributed by atoms with van der Waals surface area (Å²) in [5.74, 6) is -0.0133. The van der Waals surface area contributed by atoms with Crippen LogP contribution in [0.4, 0.5) is 5.69 Å². The first-order valence-electron chi connectivity index (χ1n) is 8.93. The SMILES string of the molecule is CCCCN(C(=N)N1C(N)=C(C(N)=O)N=C(Cl)C1N)c1ccc(OC)cc1OC. The number of ether oxygens (including phenoxy) is 2. The van der Waals surface area contributed by atoms with E-state index in [2.05, 4.69) is 4.99 Å². The summed E-state index contributed by atoms with van der Waals surface area (Å²) >= 11 is 6.09. The average molecular weight is 424 g/mol. The Morgan fingerprint density at radius 3 is 2.62 bits per heavy atom. The lowest BCUT2D eigenvalue weighted by Crippen LogP contribution is -2.58. The van der Waals surface area contributed by atoms with Crippen molar-refractivity contribution in [2.75, 3.05) is 25.7 Å². The number of nitrogens with zero attached hydrogens (tertiary/aromatic N) is 3. The molecule has 0 radical (unpaired) electrons. The van der Waals surface area contributed by atoms with E-state index in [0.717, 1.165) is 12.8 Å². The summed E-state index contributed by atoms with van der Waals surface area (Å²) in [6, 6.07) is 5.23. The van der Waals surface area contributed by atoms with Crippen LogP contribution in [0.1, 0.15) is 19.8 Å². The summed E-state index contributed by atoms with van der Waals surface area (Å²) in [7, 11) is 3.08. The molecule has 0 aliphatic carbocycles. The zero-order valence-corrected chi connectivity index (χ0v) is 17.4. The molecule has 0 bridgehead atoms.